The summed E-state index contributed by atoms with van der Waals surface area (Å²) in [5, 5.41) is 51.4. The molecule has 163 valence electrons. The van der Waals surface area contributed by atoms with E-state index in [0.717, 1.165) is 19.1 Å². The van der Waals surface area contributed by atoms with Crippen LogP contribution in [0.25, 0.3) is 5.32 Å². The first-order valence-corrected chi connectivity index (χ1v) is 7.74. The summed E-state index contributed by atoms with van der Waals surface area (Å²) in [6.45, 7) is 7.98. The number of halogens is 1. The molecule has 0 aromatic carbocycles. The molecule has 1 aliphatic rings. The van der Waals surface area contributed by atoms with Gasteiger partial charge in [-0.25, -0.2) is 0 Å². The zero-order valence-electron chi connectivity index (χ0n) is 16.5. The minimum Gasteiger partial charge on any atom is -0.792 e. The molecule has 0 amide bonds. The van der Waals surface area contributed by atoms with Gasteiger partial charge in [-0.1, -0.05) is 18.0 Å². The van der Waals surface area contributed by atoms with E-state index < -0.39 is 0 Å². The number of rotatable bonds is 3. The number of nitrogens with zero attached hydrogens (tertiary/aromatic N) is 6. The molecule has 0 spiro atoms. The molecule has 1 fully saturated rings. The van der Waals surface area contributed by atoms with Crippen molar-refractivity contribution in [2.75, 3.05) is 27.2 Å². The van der Waals surface area contributed by atoms with E-state index in [-0.39, 0.29) is 52.0 Å². The molecule has 1 rings (SSSR count). The molecule has 1 radical (unpaired) electrons. The van der Waals surface area contributed by atoms with Crippen molar-refractivity contribution in [2.45, 2.75) is 46.6 Å². The Morgan fingerprint density at radius 1 is 0.852 bits per heavy atom. The topological polar surface area (TPSA) is 156 Å². The first-order chi connectivity index (χ1) is 11.7. The van der Waals surface area contributed by atoms with Crippen molar-refractivity contribution in [3.05, 3.63) is 20.9 Å². The Kier molecular flexibility index (Phi) is 25.7. The number of piperidine rings is 1. The smallest absolute Gasteiger partial charge is 0.0967 e. The van der Waals surface area contributed by atoms with E-state index in [4.69, 9.17) is 5.21 Å². The van der Waals surface area contributed by atoms with Crippen LogP contribution in [0.4, 0.5) is 0 Å². The quantitative estimate of drug-likeness (QED) is 0.396. The SMILES string of the molecule is CC(=N\[O-])/C(C)=N/O.CC(=N\[O-])/C(C)=N/[O-].CN(C)C1CC[N-]CC1.Cl.[Co]. The van der Waals surface area contributed by atoms with Crippen LogP contribution in [-0.2, 0) is 16.8 Å². The van der Waals surface area contributed by atoms with Gasteiger partial charge in [-0.2, -0.15) is 0 Å². The van der Waals surface area contributed by atoms with Crippen LogP contribution in [0.15, 0.2) is 20.6 Å². The van der Waals surface area contributed by atoms with Gasteiger partial charge in [0.2, 0.25) is 0 Å². The molecular weight excluding hydrogens is 423 g/mol. The molecule has 0 unspecified atom stereocenters. The standard InChI is InChI=1S/C7H15N2.2C4H8N2O2.ClH.Co/c1-9(2)7-3-5-8-6-4-7;2*1-3(5-7)4(2)6-8;;/h7H,3-6H2,1-2H3;2*7-8H,1-2H3;1H;/q-1;;;;/p-3/b;2*5-3+,6-4+;;. The Labute approximate surface area is 177 Å². The maximum atomic E-state index is 9.63. The predicted octanol–water partition coefficient (Wildman–Crippen LogP) is 3.20. The average Bonchev–Trinajstić information content (AvgIpc) is 2.66. The number of hydrogen-bond donors (Lipinski definition) is 1. The van der Waals surface area contributed by atoms with Crippen LogP contribution in [0.2, 0.25) is 0 Å². The fraction of sp³-hybridized carbons (Fsp3) is 0.733. The summed E-state index contributed by atoms with van der Waals surface area (Å²) >= 11 is 0. The third kappa shape index (κ3) is 17.8. The summed E-state index contributed by atoms with van der Waals surface area (Å²) in [6, 6.07) is 0.794. The molecule has 10 nitrogen and oxygen atoms in total. The molecule has 0 saturated carbocycles. The van der Waals surface area contributed by atoms with Crippen LogP contribution < -0.4 is 0 Å². The van der Waals surface area contributed by atoms with Gasteiger partial charge in [0.15, 0.2) is 0 Å². The molecule has 0 aromatic rings. The second-order valence-electron chi connectivity index (χ2n) is 5.58. The number of oxime groups is 1. The molecule has 0 aromatic heterocycles. The fourth-order valence-corrected chi connectivity index (χ4v) is 1.52. The second kappa shape index (κ2) is 20.9. The van der Waals surface area contributed by atoms with Crippen molar-refractivity contribution in [3.8, 4) is 0 Å². The molecule has 1 saturated heterocycles. The van der Waals surface area contributed by atoms with Crippen molar-refractivity contribution >= 4 is 35.3 Å². The van der Waals surface area contributed by atoms with E-state index in [1.807, 2.05) is 0 Å². The van der Waals surface area contributed by atoms with Gasteiger partial charge in [0.1, 0.15) is 0 Å². The van der Waals surface area contributed by atoms with Gasteiger partial charge in [0.25, 0.3) is 0 Å². The minimum absolute atomic E-state index is 0. The van der Waals surface area contributed by atoms with Crippen LogP contribution in [0, 0.1) is 15.6 Å². The summed E-state index contributed by atoms with van der Waals surface area (Å²) < 4.78 is 0. The van der Waals surface area contributed by atoms with Crippen molar-refractivity contribution in [2.24, 2.45) is 20.6 Å². The second-order valence-corrected chi connectivity index (χ2v) is 5.58. The molecule has 0 bridgehead atoms. The molecule has 12 heteroatoms. The minimum atomic E-state index is 0. The van der Waals surface area contributed by atoms with E-state index in [1.54, 1.807) is 0 Å². The van der Waals surface area contributed by atoms with E-state index >= 15 is 0 Å². The van der Waals surface area contributed by atoms with Gasteiger partial charge in [-0.05, 0) is 41.8 Å². The molecule has 1 aliphatic heterocycles. The first-order valence-electron chi connectivity index (χ1n) is 7.74. The summed E-state index contributed by atoms with van der Waals surface area (Å²) in [5.41, 5.74) is 0.729. The summed E-state index contributed by atoms with van der Waals surface area (Å²) in [6.07, 6.45) is 2.51. The van der Waals surface area contributed by atoms with E-state index in [0.29, 0.717) is 0 Å². The summed E-state index contributed by atoms with van der Waals surface area (Å²) in [5.74, 6) is 0. The van der Waals surface area contributed by atoms with Crippen molar-refractivity contribution in [1.29, 1.82) is 0 Å². The Hall–Kier alpha value is -1.40. The van der Waals surface area contributed by atoms with Gasteiger partial charge < -0.3 is 46.5 Å². The maximum absolute atomic E-state index is 9.63. The van der Waals surface area contributed by atoms with Crippen molar-refractivity contribution in [3.63, 3.8) is 0 Å². The Morgan fingerprint density at radius 2 is 1.19 bits per heavy atom. The summed E-state index contributed by atoms with van der Waals surface area (Å²) in [4.78, 5) is 2.30. The Bertz CT molecular complexity index is 417. The fourth-order valence-electron chi connectivity index (χ4n) is 1.52. The predicted molar refractivity (Wildman–Crippen MR) is 111 cm³/mol. The van der Waals surface area contributed by atoms with Crippen LogP contribution in [0.1, 0.15) is 40.5 Å². The van der Waals surface area contributed by atoms with E-state index in [2.05, 4.69) is 44.9 Å². The normalized spacial score (nSPS) is 16.1. The maximum Gasteiger partial charge on any atom is 0.0967 e. The number of hydrogen-bond acceptors (Lipinski definition) is 9. The van der Waals surface area contributed by atoms with Gasteiger partial charge in [-0.15, -0.1) is 25.5 Å². The van der Waals surface area contributed by atoms with Crippen LogP contribution in [-0.4, -0.2) is 66.2 Å². The van der Waals surface area contributed by atoms with Gasteiger partial charge in [-0.3, -0.25) is 0 Å². The summed E-state index contributed by atoms with van der Waals surface area (Å²) in [7, 11) is 4.30. The molecule has 27 heavy (non-hydrogen) atoms. The molecule has 1 N–H and O–H groups in total. The largest absolute Gasteiger partial charge is 0.792 e. The van der Waals surface area contributed by atoms with Crippen LogP contribution in [0.3, 0.4) is 0 Å². The van der Waals surface area contributed by atoms with Gasteiger partial charge >= 0.3 is 0 Å². The van der Waals surface area contributed by atoms with Gasteiger partial charge in [0.05, 0.1) is 11.4 Å². The molecular formula is C15H29ClCoN6O4-4. The van der Waals surface area contributed by atoms with E-state index in [9.17, 15) is 15.6 Å². The average molecular weight is 452 g/mol. The third-order valence-corrected chi connectivity index (χ3v) is 3.58. The monoisotopic (exact) mass is 451 g/mol. The zero-order valence-corrected chi connectivity index (χ0v) is 18.4. The Balaban J connectivity index is -0.000000142. The van der Waals surface area contributed by atoms with Crippen LogP contribution in [0.5, 0.6) is 0 Å². The van der Waals surface area contributed by atoms with Gasteiger partial charge in [0, 0.05) is 34.2 Å². The van der Waals surface area contributed by atoms with Crippen LogP contribution >= 0.6 is 12.4 Å². The molecule has 1 heterocycles. The molecule has 0 aliphatic carbocycles. The van der Waals surface area contributed by atoms with Crippen molar-refractivity contribution < 1.29 is 22.0 Å². The molecule has 0 atom stereocenters. The first kappa shape index (κ1) is 33.2. The van der Waals surface area contributed by atoms with Crippen molar-refractivity contribution in [1.82, 2.24) is 4.90 Å². The third-order valence-electron chi connectivity index (χ3n) is 3.58. The van der Waals surface area contributed by atoms with E-state index in [1.165, 1.54) is 40.5 Å². The zero-order chi connectivity index (χ0) is 19.8. The Morgan fingerprint density at radius 3 is 1.37 bits per heavy atom.